The van der Waals surface area contributed by atoms with E-state index in [0.717, 1.165) is 64.2 Å². The van der Waals surface area contributed by atoms with Crippen LogP contribution in [0.1, 0.15) is 251 Å². The Kier molecular flexibility index (Phi) is 42.3. The van der Waals surface area contributed by atoms with Gasteiger partial charge in [0.05, 0.1) is 0 Å². The predicted octanol–water partition coefficient (Wildman–Crippen LogP) is 14.0. The maximum Gasteiger partial charge on any atom is 0.326 e. The van der Waals surface area contributed by atoms with Crippen molar-refractivity contribution in [2.45, 2.75) is 264 Å². The van der Waals surface area contributed by atoms with Crippen LogP contribution in [0.5, 0.6) is 0 Å². The van der Waals surface area contributed by atoms with E-state index in [2.05, 4.69) is 43.5 Å². The van der Waals surface area contributed by atoms with Crippen molar-refractivity contribution in [2.24, 2.45) is 5.73 Å². The molecule has 0 aliphatic carbocycles. The topological polar surface area (TPSA) is 119 Å². The first-order chi connectivity index (χ1) is 27.4. The summed E-state index contributed by atoms with van der Waals surface area (Å²) in [5.41, 5.74) is 5.48. The van der Waals surface area contributed by atoms with Crippen molar-refractivity contribution in [3.63, 3.8) is 0 Å². The molecule has 1 amide bonds. The van der Waals surface area contributed by atoms with Crippen molar-refractivity contribution in [2.75, 3.05) is 6.54 Å². The van der Waals surface area contributed by atoms with E-state index in [1.807, 2.05) is 0 Å². The zero-order chi connectivity index (χ0) is 41.0. The van der Waals surface area contributed by atoms with Crippen LogP contribution >= 0.6 is 0 Å². The minimum Gasteiger partial charge on any atom is -0.480 e. The molecule has 328 valence electrons. The Morgan fingerprint density at radius 1 is 0.518 bits per heavy atom. The SMILES string of the molecule is CCCCCCCC/C=C\C(CCCCCCCCC(=O)NC(CCCN)C(=O)O)OC(=O)CCCCCCCCCCC/C=C\CCCCCCCCCC. The molecule has 0 aromatic carbocycles. The molecule has 2 unspecified atom stereocenters. The van der Waals surface area contributed by atoms with E-state index in [1.165, 1.54) is 148 Å². The van der Waals surface area contributed by atoms with Gasteiger partial charge in [0.1, 0.15) is 12.1 Å². The average molecular weight is 789 g/mol. The smallest absolute Gasteiger partial charge is 0.326 e. The zero-order valence-electron chi connectivity index (χ0n) is 37.0. The molecule has 7 nitrogen and oxygen atoms in total. The third-order valence-electron chi connectivity index (χ3n) is 11.0. The molecule has 2 atom stereocenters. The highest BCUT2D eigenvalue weighted by molar-refractivity contribution is 5.83. The summed E-state index contributed by atoms with van der Waals surface area (Å²) in [5, 5.41) is 11.9. The Labute approximate surface area is 346 Å². The number of unbranched alkanes of at least 4 members (excludes halogenated alkanes) is 28. The quantitative estimate of drug-likeness (QED) is 0.0321. The Morgan fingerprint density at radius 3 is 1.39 bits per heavy atom. The zero-order valence-corrected chi connectivity index (χ0v) is 37.0. The van der Waals surface area contributed by atoms with E-state index in [0.29, 0.717) is 32.2 Å². The van der Waals surface area contributed by atoms with Gasteiger partial charge in [-0.2, -0.15) is 0 Å². The van der Waals surface area contributed by atoms with Gasteiger partial charge in [-0.05, 0) is 89.7 Å². The fraction of sp³-hybridized carbons (Fsp3) is 0.857. The Balaban J connectivity index is 4.11. The van der Waals surface area contributed by atoms with Gasteiger partial charge in [-0.15, -0.1) is 0 Å². The van der Waals surface area contributed by atoms with Gasteiger partial charge in [-0.1, -0.05) is 180 Å². The lowest BCUT2D eigenvalue weighted by Crippen LogP contribution is -2.40. The number of carboxylic acids is 1. The van der Waals surface area contributed by atoms with Gasteiger partial charge in [0.25, 0.3) is 0 Å². The first-order valence-corrected chi connectivity index (χ1v) is 24.2. The number of esters is 1. The summed E-state index contributed by atoms with van der Waals surface area (Å²) in [6, 6.07) is -0.852. The normalized spacial score (nSPS) is 12.8. The summed E-state index contributed by atoms with van der Waals surface area (Å²) in [4.78, 5) is 36.3. The third-order valence-corrected chi connectivity index (χ3v) is 11.0. The number of carbonyl (C=O) groups is 3. The number of allylic oxidation sites excluding steroid dienone is 3. The molecule has 0 aliphatic rings. The molecule has 0 aromatic rings. The standard InChI is InChI=1S/C49H92N2O5/c1-3-5-7-9-11-13-14-15-16-17-18-19-20-21-22-23-24-25-27-33-37-43-48(53)56-45(39-34-30-26-12-10-8-6-4-2)40-35-31-28-29-32-36-42-47(52)51-46(49(54)55)41-38-44-50/h17-18,34,39,45-46H,3-16,19-33,35-38,40-44,50H2,1-2H3,(H,51,52)(H,54,55)/b18-17-,39-34-. The minimum atomic E-state index is -1.00. The van der Waals surface area contributed by atoms with Gasteiger partial charge >= 0.3 is 11.9 Å². The molecule has 0 saturated carbocycles. The van der Waals surface area contributed by atoms with Gasteiger partial charge in [-0.3, -0.25) is 9.59 Å². The van der Waals surface area contributed by atoms with Crippen LogP contribution in [0, 0.1) is 0 Å². The molecule has 56 heavy (non-hydrogen) atoms. The van der Waals surface area contributed by atoms with Gasteiger partial charge < -0.3 is 20.9 Å². The second kappa shape index (κ2) is 44.0. The van der Waals surface area contributed by atoms with Crippen molar-refractivity contribution in [3.05, 3.63) is 24.3 Å². The summed E-state index contributed by atoms with van der Waals surface area (Å²) >= 11 is 0. The molecule has 0 rings (SSSR count). The number of carboxylic acid groups (broad SMARTS) is 1. The van der Waals surface area contributed by atoms with Gasteiger partial charge in [-0.25, -0.2) is 4.79 Å². The van der Waals surface area contributed by atoms with Crippen molar-refractivity contribution < 1.29 is 24.2 Å². The lowest BCUT2D eigenvalue weighted by atomic mass is 10.0. The predicted molar refractivity (Wildman–Crippen MR) is 239 cm³/mol. The molecule has 0 radical (unpaired) electrons. The molecule has 7 heteroatoms. The van der Waals surface area contributed by atoms with E-state index in [9.17, 15) is 19.5 Å². The van der Waals surface area contributed by atoms with Crippen molar-refractivity contribution in [3.8, 4) is 0 Å². The Bertz CT molecular complexity index is 935. The lowest BCUT2D eigenvalue weighted by Gasteiger charge is -2.15. The van der Waals surface area contributed by atoms with E-state index in [4.69, 9.17) is 10.5 Å². The molecule has 0 bridgehead atoms. The van der Waals surface area contributed by atoms with E-state index in [-0.39, 0.29) is 18.0 Å². The van der Waals surface area contributed by atoms with E-state index in [1.54, 1.807) is 0 Å². The number of nitrogens with one attached hydrogen (secondary N) is 1. The van der Waals surface area contributed by atoms with Crippen LogP contribution in [0.15, 0.2) is 24.3 Å². The van der Waals surface area contributed by atoms with Gasteiger partial charge in [0.2, 0.25) is 5.91 Å². The summed E-state index contributed by atoms with van der Waals surface area (Å²) in [6.07, 6.45) is 51.2. The maximum absolute atomic E-state index is 12.8. The molecule has 0 heterocycles. The molecular weight excluding hydrogens is 697 g/mol. The number of ether oxygens (including phenoxy) is 1. The largest absolute Gasteiger partial charge is 0.480 e. The number of nitrogens with two attached hydrogens (primary N) is 1. The molecule has 4 N–H and O–H groups in total. The van der Waals surface area contributed by atoms with Crippen LogP contribution in [-0.2, 0) is 19.1 Å². The number of hydrogen-bond donors (Lipinski definition) is 3. The van der Waals surface area contributed by atoms with Crippen molar-refractivity contribution in [1.29, 1.82) is 0 Å². The fourth-order valence-corrected chi connectivity index (χ4v) is 7.30. The van der Waals surface area contributed by atoms with E-state index >= 15 is 0 Å². The number of hydrogen-bond acceptors (Lipinski definition) is 5. The van der Waals surface area contributed by atoms with Crippen molar-refractivity contribution in [1.82, 2.24) is 5.32 Å². The molecular formula is C49H92N2O5. The maximum atomic E-state index is 12.8. The monoisotopic (exact) mass is 789 g/mol. The Morgan fingerprint density at radius 2 is 0.929 bits per heavy atom. The van der Waals surface area contributed by atoms with Crippen LogP contribution in [0.25, 0.3) is 0 Å². The second-order valence-electron chi connectivity index (χ2n) is 16.5. The molecule has 0 aromatic heterocycles. The summed E-state index contributed by atoms with van der Waals surface area (Å²) < 4.78 is 5.97. The highest BCUT2D eigenvalue weighted by Crippen LogP contribution is 2.17. The second-order valence-corrected chi connectivity index (χ2v) is 16.5. The highest BCUT2D eigenvalue weighted by atomic mass is 16.5. The van der Waals surface area contributed by atoms with Gasteiger partial charge in [0, 0.05) is 12.8 Å². The van der Waals surface area contributed by atoms with Crippen LogP contribution in [-0.4, -0.2) is 41.6 Å². The van der Waals surface area contributed by atoms with Crippen LogP contribution < -0.4 is 11.1 Å². The fourth-order valence-electron chi connectivity index (χ4n) is 7.30. The molecule has 0 saturated heterocycles. The summed E-state index contributed by atoms with van der Waals surface area (Å²) in [5.74, 6) is -1.26. The Hall–Kier alpha value is -2.15. The minimum absolute atomic E-state index is 0.0579. The number of rotatable bonds is 44. The van der Waals surface area contributed by atoms with Crippen LogP contribution in [0.4, 0.5) is 0 Å². The highest BCUT2D eigenvalue weighted by Gasteiger charge is 2.18. The number of aliphatic carboxylic acids is 1. The van der Waals surface area contributed by atoms with Crippen molar-refractivity contribution >= 4 is 17.8 Å². The molecule has 0 fully saturated rings. The molecule has 0 spiro atoms. The third kappa shape index (κ3) is 40.1. The van der Waals surface area contributed by atoms with Crippen LogP contribution in [0.2, 0.25) is 0 Å². The number of amides is 1. The average Bonchev–Trinajstić information content (AvgIpc) is 3.18. The summed E-state index contributed by atoms with van der Waals surface area (Å²) in [7, 11) is 0. The number of carbonyl (C=O) groups excluding carboxylic acids is 2. The molecule has 0 aliphatic heterocycles. The first kappa shape index (κ1) is 53.9. The van der Waals surface area contributed by atoms with E-state index < -0.39 is 12.0 Å². The van der Waals surface area contributed by atoms with Gasteiger partial charge in [0.15, 0.2) is 0 Å². The lowest BCUT2D eigenvalue weighted by molar-refractivity contribution is -0.147. The van der Waals surface area contributed by atoms with Crippen LogP contribution in [0.3, 0.4) is 0 Å². The first-order valence-electron chi connectivity index (χ1n) is 24.2. The summed E-state index contributed by atoms with van der Waals surface area (Å²) in [6.45, 7) is 4.95.